The predicted octanol–water partition coefficient (Wildman–Crippen LogP) is 16.9. The molecule has 0 heterocycles. The molecule has 0 radical (unpaired) electrons. The minimum atomic E-state index is -0.777. The van der Waals surface area contributed by atoms with E-state index in [-0.39, 0.29) is 31.1 Å². The topological polar surface area (TPSA) is 78.9 Å². The molecule has 0 amide bonds. The largest absolute Gasteiger partial charge is 0.462 e. The number of esters is 3. The second-order valence-corrected chi connectivity index (χ2v) is 17.5. The molecule has 0 aliphatic carbocycles. The van der Waals surface area contributed by atoms with Crippen molar-refractivity contribution in [3.05, 3.63) is 36.5 Å². The van der Waals surface area contributed by atoms with E-state index in [9.17, 15) is 14.4 Å². The molecular formula is C54H98O6. The summed E-state index contributed by atoms with van der Waals surface area (Å²) in [4.78, 5) is 37.9. The summed E-state index contributed by atoms with van der Waals surface area (Å²) >= 11 is 0. The van der Waals surface area contributed by atoms with Gasteiger partial charge in [-0.3, -0.25) is 14.4 Å². The number of rotatable bonds is 47. The molecule has 1 atom stereocenters. The number of hydrogen-bond acceptors (Lipinski definition) is 6. The van der Waals surface area contributed by atoms with Crippen LogP contribution in [0.1, 0.15) is 271 Å². The zero-order chi connectivity index (χ0) is 43.7. The monoisotopic (exact) mass is 843 g/mol. The Morgan fingerprint density at radius 3 is 1.02 bits per heavy atom. The summed E-state index contributed by atoms with van der Waals surface area (Å²) in [6.07, 6.45) is 56.9. The lowest BCUT2D eigenvalue weighted by Gasteiger charge is -2.18. The van der Waals surface area contributed by atoms with Crippen molar-refractivity contribution in [1.29, 1.82) is 0 Å². The van der Waals surface area contributed by atoms with E-state index in [4.69, 9.17) is 14.2 Å². The van der Waals surface area contributed by atoms with Gasteiger partial charge in [0.25, 0.3) is 0 Å². The van der Waals surface area contributed by atoms with Gasteiger partial charge in [-0.25, -0.2) is 0 Å². The Hall–Kier alpha value is -2.37. The van der Waals surface area contributed by atoms with Crippen LogP contribution in [-0.2, 0) is 28.6 Å². The molecule has 60 heavy (non-hydrogen) atoms. The quantitative estimate of drug-likeness (QED) is 0.0200. The summed E-state index contributed by atoms with van der Waals surface area (Å²) in [5.74, 6) is -0.889. The fraction of sp³-hybridized carbons (Fsp3) is 0.833. The van der Waals surface area contributed by atoms with Crippen LogP contribution in [0.2, 0.25) is 0 Å². The third-order valence-electron chi connectivity index (χ3n) is 11.4. The molecule has 0 spiro atoms. The Morgan fingerprint density at radius 1 is 0.333 bits per heavy atom. The molecule has 6 nitrogen and oxygen atoms in total. The van der Waals surface area contributed by atoms with E-state index in [1.165, 1.54) is 161 Å². The predicted molar refractivity (Wildman–Crippen MR) is 256 cm³/mol. The first kappa shape index (κ1) is 57.6. The van der Waals surface area contributed by atoms with Gasteiger partial charge in [-0.2, -0.15) is 0 Å². The molecule has 6 heteroatoms. The summed E-state index contributed by atoms with van der Waals surface area (Å²) < 4.78 is 16.8. The third-order valence-corrected chi connectivity index (χ3v) is 11.4. The van der Waals surface area contributed by atoms with Gasteiger partial charge in [-0.15, -0.1) is 0 Å². The zero-order valence-electron chi connectivity index (χ0n) is 40.0. The Bertz CT molecular complexity index is 1020. The molecule has 0 bridgehead atoms. The number of ether oxygens (including phenoxy) is 3. The van der Waals surface area contributed by atoms with E-state index >= 15 is 0 Å². The lowest BCUT2D eigenvalue weighted by atomic mass is 10.0. The summed E-state index contributed by atoms with van der Waals surface area (Å²) in [6.45, 7) is 6.58. The molecule has 0 aromatic carbocycles. The highest BCUT2D eigenvalue weighted by Gasteiger charge is 2.19. The summed E-state index contributed by atoms with van der Waals surface area (Å²) in [6, 6.07) is 0. The Morgan fingerprint density at radius 2 is 0.617 bits per heavy atom. The molecule has 0 saturated heterocycles. The van der Waals surface area contributed by atoms with Crippen molar-refractivity contribution >= 4 is 17.9 Å². The van der Waals surface area contributed by atoms with Crippen molar-refractivity contribution in [2.24, 2.45) is 0 Å². The van der Waals surface area contributed by atoms with Gasteiger partial charge in [0.2, 0.25) is 0 Å². The van der Waals surface area contributed by atoms with Crippen molar-refractivity contribution in [2.75, 3.05) is 13.2 Å². The molecule has 0 fully saturated rings. The molecular weight excluding hydrogens is 745 g/mol. The number of hydrogen-bond donors (Lipinski definition) is 0. The van der Waals surface area contributed by atoms with E-state index < -0.39 is 6.10 Å². The van der Waals surface area contributed by atoms with Gasteiger partial charge in [0.15, 0.2) is 6.10 Å². The maximum atomic E-state index is 12.8. The summed E-state index contributed by atoms with van der Waals surface area (Å²) in [5, 5.41) is 0. The zero-order valence-corrected chi connectivity index (χ0v) is 40.0. The molecule has 0 aromatic rings. The summed E-state index contributed by atoms with van der Waals surface area (Å²) in [7, 11) is 0. The molecule has 0 saturated carbocycles. The van der Waals surface area contributed by atoms with E-state index in [1.807, 2.05) is 0 Å². The maximum absolute atomic E-state index is 12.8. The lowest BCUT2D eigenvalue weighted by molar-refractivity contribution is -0.167. The molecule has 0 N–H and O–H groups in total. The van der Waals surface area contributed by atoms with Crippen molar-refractivity contribution in [3.63, 3.8) is 0 Å². The normalized spacial score (nSPS) is 12.2. The van der Waals surface area contributed by atoms with Crippen LogP contribution in [0.25, 0.3) is 0 Å². The Labute approximate surface area is 372 Å². The molecule has 350 valence electrons. The minimum Gasteiger partial charge on any atom is -0.462 e. The fourth-order valence-electron chi connectivity index (χ4n) is 7.41. The highest BCUT2D eigenvalue weighted by atomic mass is 16.6. The van der Waals surface area contributed by atoms with Crippen LogP contribution in [0.5, 0.6) is 0 Å². The van der Waals surface area contributed by atoms with Crippen molar-refractivity contribution in [2.45, 2.75) is 277 Å². The van der Waals surface area contributed by atoms with Gasteiger partial charge in [0.05, 0.1) is 0 Å². The van der Waals surface area contributed by atoms with E-state index in [1.54, 1.807) is 0 Å². The van der Waals surface area contributed by atoms with Gasteiger partial charge in [-0.1, -0.05) is 224 Å². The highest BCUT2D eigenvalue weighted by Crippen LogP contribution is 2.16. The summed E-state index contributed by atoms with van der Waals surface area (Å²) in [5.41, 5.74) is 0. The van der Waals surface area contributed by atoms with Crippen LogP contribution in [0.4, 0.5) is 0 Å². The van der Waals surface area contributed by atoms with Crippen molar-refractivity contribution in [1.82, 2.24) is 0 Å². The molecule has 0 rings (SSSR count). The second kappa shape index (κ2) is 49.3. The Balaban J connectivity index is 4.35. The van der Waals surface area contributed by atoms with Crippen molar-refractivity contribution < 1.29 is 28.6 Å². The molecule has 0 aliphatic rings. The lowest BCUT2D eigenvalue weighted by Crippen LogP contribution is -2.30. The van der Waals surface area contributed by atoms with Crippen molar-refractivity contribution in [3.8, 4) is 0 Å². The average molecular weight is 843 g/mol. The van der Waals surface area contributed by atoms with Crippen LogP contribution < -0.4 is 0 Å². The third kappa shape index (κ3) is 46.7. The Kier molecular flexibility index (Phi) is 47.3. The van der Waals surface area contributed by atoms with Gasteiger partial charge in [0.1, 0.15) is 13.2 Å². The van der Waals surface area contributed by atoms with Crippen LogP contribution in [0, 0.1) is 0 Å². The number of carbonyl (C=O) groups excluding carboxylic acids is 3. The molecule has 0 aromatic heterocycles. The number of allylic oxidation sites excluding steroid dienone is 6. The van der Waals surface area contributed by atoms with Gasteiger partial charge >= 0.3 is 17.9 Å². The van der Waals surface area contributed by atoms with E-state index in [2.05, 4.69) is 57.2 Å². The first-order valence-electron chi connectivity index (χ1n) is 26.0. The fourth-order valence-corrected chi connectivity index (χ4v) is 7.41. The smallest absolute Gasteiger partial charge is 0.306 e. The molecule has 1 unspecified atom stereocenters. The van der Waals surface area contributed by atoms with E-state index in [0.717, 1.165) is 70.6 Å². The standard InChI is InChI=1S/C54H98O6/c1-4-7-10-13-16-19-22-24-26-28-29-32-35-38-41-44-47-53(56)59-50-51(49-58-52(55)46-43-40-37-34-31-21-18-15-12-9-6-3)60-54(57)48-45-42-39-36-33-30-27-25-23-20-17-14-11-8-5-2/h15,17-18,20,23,25,51H,4-14,16,19,21-22,24,26-50H2,1-3H3/b18-15-,20-17-,25-23-. The van der Waals surface area contributed by atoms with Crippen LogP contribution in [-0.4, -0.2) is 37.2 Å². The maximum Gasteiger partial charge on any atom is 0.306 e. The van der Waals surface area contributed by atoms with Gasteiger partial charge < -0.3 is 14.2 Å². The first-order valence-corrected chi connectivity index (χ1v) is 26.0. The minimum absolute atomic E-state index is 0.0767. The van der Waals surface area contributed by atoms with E-state index in [0.29, 0.717) is 19.3 Å². The van der Waals surface area contributed by atoms with Crippen LogP contribution in [0.15, 0.2) is 36.5 Å². The average Bonchev–Trinajstić information content (AvgIpc) is 3.24. The van der Waals surface area contributed by atoms with Gasteiger partial charge in [-0.05, 0) is 64.2 Å². The number of carbonyl (C=O) groups is 3. The van der Waals surface area contributed by atoms with Crippen LogP contribution >= 0.6 is 0 Å². The second-order valence-electron chi connectivity index (χ2n) is 17.5. The number of unbranched alkanes of at least 4 members (excludes halogenated alkanes) is 31. The highest BCUT2D eigenvalue weighted by molar-refractivity contribution is 5.71. The molecule has 0 aliphatic heterocycles. The SMILES string of the molecule is CCCC/C=C\CCCCCCCC(=O)OCC(COC(=O)CCCCCCCCCCCCCCCCCC)OC(=O)CCCCCCCC/C=C\C=C/CCCCC. The first-order chi connectivity index (χ1) is 29.5. The van der Waals surface area contributed by atoms with Crippen LogP contribution in [0.3, 0.4) is 0 Å². The van der Waals surface area contributed by atoms with Gasteiger partial charge in [0, 0.05) is 19.3 Å².